The number of carbonyl (C=O) groups excluding carboxylic acids is 1. The minimum atomic E-state index is -0.321. The van der Waals surface area contributed by atoms with Gasteiger partial charge in [-0.1, -0.05) is 30.3 Å². The summed E-state index contributed by atoms with van der Waals surface area (Å²) in [6, 6.07) is 17.6. The highest BCUT2D eigenvalue weighted by molar-refractivity contribution is 7.80. The maximum atomic E-state index is 11.3. The van der Waals surface area contributed by atoms with Crippen LogP contribution in [-0.2, 0) is 22.5 Å². The molecule has 0 radical (unpaired) electrons. The Hall–Kier alpha value is -2.77. The summed E-state index contributed by atoms with van der Waals surface area (Å²) in [7, 11) is 0. The van der Waals surface area contributed by atoms with Gasteiger partial charge >= 0.3 is 5.97 Å². The van der Waals surface area contributed by atoms with Crippen molar-refractivity contribution in [3.05, 3.63) is 71.6 Å². The number of carbonyl (C=O) groups is 1. The number of ether oxygens (including phenoxy) is 2. The average molecular weight is 413 g/mol. The molecule has 0 bridgehead atoms. The Bertz CT molecular complexity index is 910. The zero-order valence-electron chi connectivity index (χ0n) is 16.3. The van der Waals surface area contributed by atoms with E-state index in [1.54, 1.807) is 0 Å². The van der Waals surface area contributed by atoms with Crippen LogP contribution in [0.15, 0.2) is 59.0 Å². The quantitative estimate of drug-likeness (QED) is 0.300. The van der Waals surface area contributed by atoms with E-state index in [1.165, 1.54) is 0 Å². The third-order valence-electron chi connectivity index (χ3n) is 4.27. The molecule has 0 aliphatic heterocycles. The number of nitrogens with one attached hydrogen (secondary N) is 1. The first-order chi connectivity index (χ1) is 14.2. The molecule has 0 atom stereocenters. The lowest BCUT2D eigenvalue weighted by Crippen LogP contribution is -2.24. The van der Waals surface area contributed by atoms with Gasteiger partial charge in [0.1, 0.15) is 17.4 Å². The second-order valence-corrected chi connectivity index (χ2v) is 6.64. The third-order valence-corrected chi connectivity index (χ3v) is 4.40. The topological polar surface area (TPSA) is 73.6 Å². The van der Waals surface area contributed by atoms with Gasteiger partial charge in [0.05, 0.1) is 18.8 Å². The smallest absolute Gasteiger partial charge is 0.320 e. The summed E-state index contributed by atoms with van der Waals surface area (Å²) in [5.41, 5.74) is 2.92. The van der Waals surface area contributed by atoms with Crippen LogP contribution in [0, 0.1) is 6.92 Å². The lowest BCUT2D eigenvalue weighted by Gasteiger charge is -2.07. The zero-order chi connectivity index (χ0) is 20.5. The van der Waals surface area contributed by atoms with Crippen LogP contribution in [0.25, 0.3) is 11.5 Å². The van der Waals surface area contributed by atoms with Crippen LogP contribution < -0.4 is 10.1 Å². The summed E-state index contributed by atoms with van der Waals surface area (Å²) in [5.74, 6) is 2.00. The number of benzene rings is 2. The molecule has 3 aromatic rings. The van der Waals surface area contributed by atoms with E-state index < -0.39 is 0 Å². The van der Waals surface area contributed by atoms with Crippen LogP contribution in [-0.4, -0.2) is 30.0 Å². The van der Waals surface area contributed by atoms with Crippen molar-refractivity contribution in [1.29, 1.82) is 0 Å². The predicted octanol–water partition coefficient (Wildman–Crippen LogP) is 3.79. The minimum Gasteiger partial charge on any atom is -0.493 e. The fourth-order valence-electron chi connectivity index (χ4n) is 2.77. The standard InChI is InChI=1S/C22H24N2O4S/c1-16-20(24-22(28-16)18-5-3-2-4-6-18)11-12-26-19-9-7-17(8-10-19)13-23-14-21(25)27-15-29/h2-10,23,29H,11-15H2,1H3. The Labute approximate surface area is 175 Å². The van der Waals surface area contributed by atoms with Crippen molar-refractivity contribution in [3.63, 3.8) is 0 Å². The average Bonchev–Trinajstić information content (AvgIpc) is 3.11. The lowest BCUT2D eigenvalue weighted by molar-refractivity contribution is -0.140. The minimum absolute atomic E-state index is 0.0913. The molecule has 1 N–H and O–H groups in total. The molecular weight excluding hydrogens is 388 g/mol. The van der Waals surface area contributed by atoms with E-state index >= 15 is 0 Å². The molecule has 0 unspecified atom stereocenters. The summed E-state index contributed by atoms with van der Waals surface area (Å²) < 4.78 is 16.3. The molecule has 3 rings (SSSR count). The summed E-state index contributed by atoms with van der Waals surface area (Å²) in [6.45, 7) is 3.15. The van der Waals surface area contributed by atoms with Crippen molar-refractivity contribution in [1.82, 2.24) is 10.3 Å². The molecule has 6 nitrogen and oxygen atoms in total. The number of rotatable bonds is 10. The first kappa shape index (κ1) is 21.0. The number of aryl methyl sites for hydroxylation is 1. The molecule has 0 fully saturated rings. The zero-order valence-corrected chi connectivity index (χ0v) is 17.2. The molecule has 7 heteroatoms. The Morgan fingerprint density at radius 1 is 1.14 bits per heavy atom. The van der Waals surface area contributed by atoms with Crippen LogP contribution in [0.3, 0.4) is 0 Å². The van der Waals surface area contributed by atoms with Gasteiger partial charge in [-0.25, -0.2) is 4.98 Å². The molecular formula is C22H24N2O4S. The highest BCUT2D eigenvalue weighted by atomic mass is 32.1. The van der Waals surface area contributed by atoms with E-state index in [9.17, 15) is 4.79 Å². The lowest BCUT2D eigenvalue weighted by atomic mass is 10.2. The van der Waals surface area contributed by atoms with E-state index in [0.717, 1.165) is 28.3 Å². The Morgan fingerprint density at radius 3 is 2.62 bits per heavy atom. The molecule has 0 aliphatic rings. The predicted molar refractivity (Wildman–Crippen MR) is 114 cm³/mol. The van der Waals surface area contributed by atoms with Crippen LogP contribution in [0.4, 0.5) is 0 Å². The van der Waals surface area contributed by atoms with Crippen molar-refractivity contribution in [3.8, 4) is 17.2 Å². The second kappa shape index (κ2) is 10.7. The Kier molecular flexibility index (Phi) is 7.72. The van der Waals surface area contributed by atoms with Crippen molar-refractivity contribution < 1.29 is 18.7 Å². The van der Waals surface area contributed by atoms with E-state index in [4.69, 9.17) is 13.9 Å². The largest absolute Gasteiger partial charge is 0.493 e. The monoisotopic (exact) mass is 412 g/mol. The van der Waals surface area contributed by atoms with Gasteiger partial charge in [-0.05, 0) is 36.8 Å². The van der Waals surface area contributed by atoms with E-state index in [0.29, 0.717) is 25.5 Å². The first-order valence-corrected chi connectivity index (χ1v) is 9.99. The van der Waals surface area contributed by atoms with Gasteiger partial charge in [-0.3, -0.25) is 4.79 Å². The van der Waals surface area contributed by atoms with E-state index in [-0.39, 0.29) is 18.5 Å². The number of nitrogens with zero attached hydrogens (tertiary/aromatic N) is 1. The van der Waals surface area contributed by atoms with Gasteiger partial charge in [0.15, 0.2) is 0 Å². The summed E-state index contributed by atoms with van der Waals surface area (Å²) >= 11 is 3.84. The molecule has 0 spiro atoms. The normalized spacial score (nSPS) is 10.7. The number of oxazole rings is 1. The van der Waals surface area contributed by atoms with Gasteiger partial charge < -0.3 is 19.2 Å². The van der Waals surface area contributed by atoms with E-state index in [1.807, 2.05) is 61.5 Å². The van der Waals surface area contributed by atoms with Crippen molar-refractivity contribution in [2.24, 2.45) is 0 Å². The fourth-order valence-corrected chi connectivity index (χ4v) is 2.91. The molecule has 152 valence electrons. The SMILES string of the molecule is Cc1oc(-c2ccccc2)nc1CCOc1ccc(CNCC(=O)OCS)cc1. The number of esters is 1. The Balaban J connectivity index is 1.45. The van der Waals surface area contributed by atoms with Gasteiger partial charge in [-0.15, -0.1) is 12.6 Å². The number of thiol groups is 1. The maximum Gasteiger partial charge on any atom is 0.320 e. The number of hydrogen-bond acceptors (Lipinski definition) is 7. The van der Waals surface area contributed by atoms with Gasteiger partial charge in [0.25, 0.3) is 0 Å². The third kappa shape index (κ3) is 6.37. The number of hydrogen-bond donors (Lipinski definition) is 2. The van der Waals surface area contributed by atoms with Crippen LogP contribution >= 0.6 is 12.6 Å². The number of aromatic nitrogens is 1. The van der Waals surface area contributed by atoms with Gasteiger partial charge in [-0.2, -0.15) is 0 Å². The van der Waals surface area contributed by atoms with Crippen molar-refractivity contribution in [2.45, 2.75) is 19.9 Å². The molecule has 1 aromatic heterocycles. The molecule has 0 saturated carbocycles. The van der Waals surface area contributed by atoms with Crippen LogP contribution in [0.2, 0.25) is 0 Å². The van der Waals surface area contributed by atoms with Crippen LogP contribution in [0.5, 0.6) is 5.75 Å². The maximum absolute atomic E-state index is 11.3. The highest BCUT2D eigenvalue weighted by Gasteiger charge is 2.11. The van der Waals surface area contributed by atoms with Gasteiger partial charge in [0.2, 0.25) is 5.89 Å². The molecule has 0 amide bonds. The summed E-state index contributed by atoms with van der Waals surface area (Å²) in [4.78, 5) is 15.9. The molecule has 1 heterocycles. The second-order valence-electron chi connectivity index (χ2n) is 6.38. The molecule has 29 heavy (non-hydrogen) atoms. The Morgan fingerprint density at radius 2 is 1.90 bits per heavy atom. The molecule has 0 aliphatic carbocycles. The highest BCUT2D eigenvalue weighted by Crippen LogP contribution is 2.22. The summed E-state index contributed by atoms with van der Waals surface area (Å²) in [6.07, 6.45) is 0.665. The first-order valence-electron chi connectivity index (χ1n) is 9.36. The molecule has 0 saturated heterocycles. The van der Waals surface area contributed by atoms with Gasteiger partial charge in [0, 0.05) is 18.5 Å². The fraction of sp³-hybridized carbons (Fsp3) is 0.273. The van der Waals surface area contributed by atoms with Crippen molar-refractivity contribution >= 4 is 18.6 Å². The molecule has 2 aromatic carbocycles. The summed E-state index contributed by atoms with van der Waals surface area (Å²) in [5, 5.41) is 3.02. The van der Waals surface area contributed by atoms with Crippen LogP contribution in [0.1, 0.15) is 17.0 Å². The van der Waals surface area contributed by atoms with Crippen molar-refractivity contribution in [2.75, 3.05) is 19.1 Å². The van der Waals surface area contributed by atoms with E-state index in [2.05, 4.69) is 22.9 Å².